The van der Waals surface area contributed by atoms with E-state index in [2.05, 4.69) is 35.2 Å². The molecule has 0 radical (unpaired) electrons. The Morgan fingerprint density at radius 3 is 2.53 bits per heavy atom. The van der Waals surface area contributed by atoms with Gasteiger partial charge in [-0.05, 0) is 37.3 Å². The summed E-state index contributed by atoms with van der Waals surface area (Å²) in [6, 6.07) is 7.70. The Morgan fingerprint density at radius 2 is 1.84 bits per heavy atom. The molecule has 1 N–H and O–H groups in total. The van der Waals surface area contributed by atoms with Gasteiger partial charge >= 0.3 is 0 Å². The van der Waals surface area contributed by atoms with Crippen LogP contribution in [0.2, 0.25) is 0 Å². The summed E-state index contributed by atoms with van der Waals surface area (Å²) in [4.78, 5) is 30.4. The third kappa shape index (κ3) is 4.16. The molecule has 4 aromatic rings. The van der Waals surface area contributed by atoms with Gasteiger partial charge in [-0.1, -0.05) is 11.3 Å². The molecule has 1 aliphatic rings. The number of carbonyl (C=O) groups excluding carboxylic acids is 1. The first-order chi connectivity index (χ1) is 15.6. The first-order valence-corrected chi connectivity index (χ1v) is 11.1. The lowest BCUT2D eigenvalue weighted by Gasteiger charge is -2.37. The Morgan fingerprint density at radius 1 is 1.12 bits per heavy atom. The molecule has 1 fully saturated rings. The Labute approximate surface area is 187 Å². The van der Waals surface area contributed by atoms with Gasteiger partial charge in [0.2, 0.25) is 21.9 Å². The van der Waals surface area contributed by atoms with Gasteiger partial charge in [0.15, 0.2) is 0 Å². The second-order valence-corrected chi connectivity index (χ2v) is 8.44. The van der Waals surface area contributed by atoms with Gasteiger partial charge in [-0.15, -0.1) is 5.10 Å². The topological polar surface area (TPSA) is 91.5 Å². The maximum absolute atomic E-state index is 13.2. The Hall–Kier alpha value is -3.44. The van der Waals surface area contributed by atoms with Gasteiger partial charge < -0.3 is 4.90 Å². The first kappa shape index (κ1) is 20.5. The van der Waals surface area contributed by atoms with Crippen molar-refractivity contribution in [3.05, 3.63) is 54.7 Å². The van der Waals surface area contributed by atoms with Crippen LogP contribution in [-0.2, 0) is 4.79 Å². The number of amides is 1. The highest BCUT2D eigenvalue weighted by molar-refractivity contribution is 7.20. The maximum Gasteiger partial charge on any atom is 0.243 e. The highest BCUT2D eigenvalue weighted by Gasteiger charge is 2.27. The van der Waals surface area contributed by atoms with E-state index in [9.17, 15) is 9.18 Å². The molecule has 1 atom stereocenters. The molecule has 1 amide bonds. The van der Waals surface area contributed by atoms with Crippen LogP contribution in [0.5, 0.6) is 0 Å². The normalized spacial score (nSPS) is 15.8. The monoisotopic (exact) mass is 452 g/mol. The average Bonchev–Trinajstić information content (AvgIpc) is 3.39. The molecule has 3 aromatic heterocycles. The van der Waals surface area contributed by atoms with E-state index in [0.29, 0.717) is 5.95 Å². The van der Waals surface area contributed by atoms with Crippen LogP contribution in [-0.4, -0.2) is 67.6 Å². The number of piperazine rings is 1. The number of rotatable bonds is 5. The van der Waals surface area contributed by atoms with Crippen molar-refractivity contribution in [2.45, 2.75) is 13.0 Å². The molecule has 4 heterocycles. The number of halogens is 1. The van der Waals surface area contributed by atoms with Crippen molar-refractivity contribution in [2.75, 3.05) is 36.4 Å². The zero-order valence-electron chi connectivity index (χ0n) is 17.3. The van der Waals surface area contributed by atoms with Gasteiger partial charge in [-0.3, -0.25) is 15.0 Å². The summed E-state index contributed by atoms with van der Waals surface area (Å²) >= 11 is 1.52. The molecule has 5 rings (SSSR count). The SMILES string of the molecule is CC(C(=O)Nc1ncccn1)N1CCN(c2nn3cc(-c4ccc(F)cc4)nc3s2)CC1. The van der Waals surface area contributed by atoms with Crippen LogP contribution >= 0.6 is 11.3 Å². The molecule has 1 unspecified atom stereocenters. The molecule has 0 bridgehead atoms. The third-order valence-corrected chi connectivity index (χ3v) is 6.47. The van der Waals surface area contributed by atoms with Gasteiger partial charge in [-0.2, -0.15) is 0 Å². The van der Waals surface area contributed by atoms with Crippen LogP contribution < -0.4 is 10.2 Å². The second-order valence-electron chi connectivity index (χ2n) is 7.51. The predicted octanol–water partition coefficient (Wildman–Crippen LogP) is 2.54. The fourth-order valence-corrected chi connectivity index (χ4v) is 4.56. The summed E-state index contributed by atoms with van der Waals surface area (Å²) in [5.41, 5.74) is 1.62. The van der Waals surface area contributed by atoms with Crippen molar-refractivity contribution >= 4 is 33.3 Å². The number of benzene rings is 1. The quantitative estimate of drug-likeness (QED) is 0.498. The average molecular weight is 453 g/mol. The van der Waals surface area contributed by atoms with Crippen LogP contribution in [0.1, 0.15) is 6.92 Å². The van der Waals surface area contributed by atoms with Crippen molar-refractivity contribution in [3.8, 4) is 11.3 Å². The molecular weight excluding hydrogens is 431 g/mol. The largest absolute Gasteiger partial charge is 0.344 e. The molecule has 1 saturated heterocycles. The minimum absolute atomic E-state index is 0.120. The Balaban J connectivity index is 1.20. The summed E-state index contributed by atoms with van der Waals surface area (Å²) in [6.45, 7) is 4.91. The highest BCUT2D eigenvalue weighted by atomic mass is 32.1. The predicted molar refractivity (Wildman–Crippen MR) is 120 cm³/mol. The number of imidazole rings is 1. The fourth-order valence-electron chi connectivity index (χ4n) is 3.62. The number of nitrogens with one attached hydrogen (secondary N) is 1. The van der Waals surface area contributed by atoms with Crippen molar-refractivity contribution in [1.82, 2.24) is 29.5 Å². The van der Waals surface area contributed by atoms with Crippen molar-refractivity contribution in [3.63, 3.8) is 0 Å². The third-order valence-electron chi connectivity index (χ3n) is 5.49. The van der Waals surface area contributed by atoms with Gasteiger partial charge in [0.1, 0.15) is 5.82 Å². The molecule has 0 spiro atoms. The summed E-state index contributed by atoms with van der Waals surface area (Å²) in [5.74, 6) is -0.0747. The molecule has 32 heavy (non-hydrogen) atoms. The summed E-state index contributed by atoms with van der Waals surface area (Å²) in [7, 11) is 0. The highest BCUT2D eigenvalue weighted by Crippen LogP contribution is 2.27. The van der Waals surface area contributed by atoms with Gasteiger partial charge in [0.25, 0.3) is 0 Å². The van der Waals surface area contributed by atoms with Crippen LogP contribution in [0.15, 0.2) is 48.9 Å². The van der Waals surface area contributed by atoms with E-state index >= 15 is 0 Å². The molecule has 0 aliphatic carbocycles. The summed E-state index contributed by atoms with van der Waals surface area (Å²) in [6.07, 6.45) is 5.05. The van der Waals surface area contributed by atoms with Crippen LogP contribution in [0.25, 0.3) is 16.2 Å². The number of hydrogen-bond donors (Lipinski definition) is 1. The van der Waals surface area contributed by atoms with Crippen LogP contribution in [0, 0.1) is 5.82 Å². The number of carbonyl (C=O) groups is 1. The molecule has 1 aromatic carbocycles. The lowest BCUT2D eigenvalue weighted by atomic mass is 10.2. The van der Waals surface area contributed by atoms with Crippen molar-refractivity contribution in [1.29, 1.82) is 0 Å². The zero-order chi connectivity index (χ0) is 22.1. The summed E-state index contributed by atoms with van der Waals surface area (Å²) < 4.78 is 14.9. The number of hydrogen-bond acceptors (Lipinski definition) is 8. The van der Waals surface area contributed by atoms with E-state index < -0.39 is 0 Å². The molecule has 11 heteroatoms. The van der Waals surface area contributed by atoms with Gasteiger partial charge in [0, 0.05) is 44.1 Å². The molecule has 1 aliphatic heterocycles. The van der Waals surface area contributed by atoms with E-state index in [4.69, 9.17) is 0 Å². The smallest absolute Gasteiger partial charge is 0.243 e. The van der Waals surface area contributed by atoms with E-state index in [1.54, 1.807) is 35.1 Å². The lowest BCUT2D eigenvalue weighted by Crippen LogP contribution is -2.53. The van der Waals surface area contributed by atoms with E-state index in [1.165, 1.54) is 23.5 Å². The van der Waals surface area contributed by atoms with Crippen LogP contribution in [0.3, 0.4) is 0 Å². The molecular formula is C21H21FN8OS. The summed E-state index contributed by atoms with van der Waals surface area (Å²) in [5, 5.41) is 8.33. The second kappa shape index (κ2) is 8.60. The Kier molecular flexibility index (Phi) is 5.50. The van der Waals surface area contributed by atoms with Gasteiger partial charge in [-0.25, -0.2) is 23.9 Å². The number of nitrogens with zero attached hydrogens (tertiary/aromatic N) is 7. The fraction of sp³-hybridized carbons (Fsp3) is 0.286. The number of fused-ring (bicyclic) bond motifs is 1. The number of aromatic nitrogens is 5. The van der Waals surface area contributed by atoms with Gasteiger partial charge in [0.05, 0.1) is 17.9 Å². The first-order valence-electron chi connectivity index (χ1n) is 10.3. The zero-order valence-corrected chi connectivity index (χ0v) is 18.2. The molecule has 9 nitrogen and oxygen atoms in total. The van der Waals surface area contributed by atoms with E-state index in [-0.39, 0.29) is 17.8 Å². The standard InChI is InChI=1S/C21H21FN8OS/c1-14(18(31)26-19-23-7-2-8-24-19)28-9-11-29(12-10-28)21-27-30-13-17(25-20(30)32-21)15-3-5-16(22)6-4-15/h2-8,13-14H,9-12H2,1H3,(H,23,24,26,31). The van der Waals surface area contributed by atoms with E-state index in [1.807, 2.05) is 13.1 Å². The number of anilines is 2. The molecule has 164 valence electrons. The van der Waals surface area contributed by atoms with Crippen molar-refractivity contribution < 1.29 is 9.18 Å². The minimum Gasteiger partial charge on any atom is -0.344 e. The molecule has 0 saturated carbocycles. The Bertz CT molecular complexity index is 1190. The lowest BCUT2D eigenvalue weighted by molar-refractivity contribution is -0.120. The van der Waals surface area contributed by atoms with Crippen LogP contribution in [0.4, 0.5) is 15.5 Å². The minimum atomic E-state index is -0.284. The maximum atomic E-state index is 13.2. The van der Waals surface area contributed by atoms with Crippen molar-refractivity contribution in [2.24, 2.45) is 0 Å². The van der Waals surface area contributed by atoms with E-state index in [0.717, 1.165) is 47.5 Å².